The number of fused-ring (bicyclic) bond motifs is 2. The number of aromatic nitrogens is 1. The molecule has 174 valence electrons. The van der Waals surface area contributed by atoms with Crippen molar-refractivity contribution in [2.24, 2.45) is 7.05 Å². The van der Waals surface area contributed by atoms with E-state index < -0.39 is 0 Å². The lowest BCUT2D eigenvalue weighted by atomic mass is 9.80. The van der Waals surface area contributed by atoms with Crippen molar-refractivity contribution in [1.82, 2.24) is 4.57 Å². The van der Waals surface area contributed by atoms with Gasteiger partial charge in [-0.3, -0.25) is 14.4 Å². The summed E-state index contributed by atoms with van der Waals surface area (Å²) in [5.41, 5.74) is 5.36. The molecule has 0 unspecified atom stereocenters. The van der Waals surface area contributed by atoms with Crippen LogP contribution >= 0.6 is 0 Å². The zero-order chi connectivity index (χ0) is 25.0. The molecule has 0 fully saturated rings. The highest BCUT2D eigenvalue weighted by atomic mass is 16.1. The van der Waals surface area contributed by atoms with Gasteiger partial charge in [0.25, 0.3) is 5.56 Å². The maximum absolute atomic E-state index is 13.9. The molecule has 6 rings (SSSR count). The number of anilines is 2. The molecule has 0 amide bonds. The van der Waals surface area contributed by atoms with Crippen molar-refractivity contribution in [3.63, 3.8) is 0 Å². The highest BCUT2D eigenvalue weighted by molar-refractivity contribution is 6.31. The monoisotopic (exact) mass is 470 g/mol. The first-order valence-electron chi connectivity index (χ1n) is 11.7. The average molecular weight is 471 g/mol. The van der Waals surface area contributed by atoms with E-state index in [2.05, 4.69) is 5.32 Å². The molecule has 4 aromatic carbocycles. The molecule has 0 saturated heterocycles. The predicted octanol–water partition coefficient (Wildman–Crippen LogP) is 6.03. The molecular formula is C31H22N2O3. The van der Waals surface area contributed by atoms with Crippen LogP contribution < -0.4 is 10.9 Å². The molecule has 5 nitrogen and oxygen atoms in total. The van der Waals surface area contributed by atoms with E-state index in [4.69, 9.17) is 0 Å². The van der Waals surface area contributed by atoms with Crippen molar-refractivity contribution in [2.75, 3.05) is 5.32 Å². The van der Waals surface area contributed by atoms with Crippen molar-refractivity contribution >= 4 is 33.8 Å². The van der Waals surface area contributed by atoms with Gasteiger partial charge in [-0.1, -0.05) is 72.3 Å². The molecule has 0 spiro atoms. The summed E-state index contributed by atoms with van der Waals surface area (Å²) in [5.74, 6) is -0.504. The van der Waals surface area contributed by atoms with Crippen LogP contribution in [-0.4, -0.2) is 16.1 Å². The zero-order valence-electron chi connectivity index (χ0n) is 19.8. The first kappa shape index (κ1) is 21.7. The number of nitrogens with zero attached hydrogens (tertiary/aromatic N) is 1. The minimum atomic E-state index is -0.388. The number of benzene rings is 4. The molecule has 0 aliphatic heterocycles. The van der Waals surface area contributed by atoms with Crippen LogP contribution in [0.3, 0.4) is 0 Å². The lowest BCUT2D eigenvalue weighted by Crippen LogP contribution is -2.29. The number of aryl methyl sites for hydroxylation is 2. The summed E-state index contributed by atoms with van der Waals surface area (Å²) in [6, 6.07) is 27.5. The summed E-state index contributed by atoms with van der Waals surface area (Å²) in [4.78, 5) is 41.3. The predicted molar refractivity (Wildman–Crippen MR) is 142 cm³/mol. The molecule has 1 heterocycles. The Bertz CT molecular complexity index is 1760. The average Bonchev–Trinajstić information content (AvgIpc) is 2.91. The summed E-state index contributed by atoms with van der Waals surface area (Å²) < 4.78 is 1.47. The molecule has 0 saturated carbocycles. The molecule has 1 N–H and O–H groups in total. The number of hydrogen-bond acceptors (Lipinski definition) is 4. The van der Waals surface area contributed by atoms with E-state index in [1.165, 1.54) is 4.57 Å². The Morgan fingerprint density at radius 3 is 2.14 bits per heavy atom. The van der Waals surface area contributed by atoms with Gasteiger partial charge in [0.1, 0.15) is 0 Å². The van der Waals surface area contributed by atoms with Crippen LogP contribution in [0.25, 0.3) is 22.0 Å². The van der Waals surface area contributed by atoms with Crippen molar-refractivity contribution in [1.29, 1.82) is 0 Å². The van der Waals surface area contributed by atoms with E-state index in [-0.39, 0.29) is 22.7 Å². The number of nitrogens with one attached hydrogen (secondary N) is 1. The van der Waals surface area contributed by atoms with Gasteiger partial charge in [-0.25, -0.2) is 0 Å². The van der Waals surface area contributed by atoms with E-state index in [9.17, 15) is 14.4 Å². The third-order valence-electron chi connectivity index (χ3n) is 6.82. The molecule has 1 aliphatic rings. The van der Waals surface area contributed by atoms with Crippen LogP contribution in [0.2, 0.25) is 0 Å². The number of pyridine rings is 1. The summed E-state index contributed by atoms with van der Waals surface area (Å²) in [7, 11) is 1.64. The molecule has 0 bridgehead atoms. The van der Waals surface area contributed by atoms with Crippen LogP contribution in [0.4, 0.5) is 11.4 Å². The summed E-state index contributed by atoms with van der Waals surface area (Å²) in [5, 5.41) is 3.99. The second-order valence-electron chi connectivity index (χ2n) is 9.06. The van der Waals surface area contributed by atoms with Crippen molar-refractivity contribution in [3.8, 4) is 11.1 Å². The quantitative estimate of drug-likeness (QED) is 0.319. The molecule has 0 atom stereocenters. The molecule has 1 aromatic heterocycles. The van der Waals surface area contributed by atoms with Crippen molar-refractivity contribution < 1.29 is 9.59 Å². The highest BCUT2D eigenvalue weighted by Crippen LogP contribution is 2.44. The smallest absolute Gasteiger partial charge is 0.262 e. The van der Waals surface area contributed by atoms with Crippen LogP contribution in [0.5, 0.6) is 0 Å². The van der Waals surface area contributed by atoms with Crippen LogP contribution in [-0.2, 0) is 7.05 Å². The standard InChI is InChI=1S/C31H22N2O3/c1-18-12-14-20(15-13-18)32-23-16-17-24-27-25(21-10-6-7-11-22(21)30(35)26(23)27)28(31(36)33(24)2)29(34)19-8-4-3-5-9-19/h3-17,32H,1-2H3. The van der Waals surface area contributed by atoms with E-state index in [0.29, 0.717) is 44.4 Å². The minimum absolute atomic E-state index is 0.0740. The molecule has 5 aromatic rings. The topological polar surface area (TPSA) is 68.2 Å². The fraction of sp³-hybridized carbons (Fsp3) is 0.0645. The third-order valence-corrected chi connectivity index (χ3v) is 6.82. The highest BCUT2D eigenvalue weighted by Gasteiger charge is 2.33. The summed E-state index contributed by atoms with van der Waals surface area (Å²) >= 11 is 0. The number of carbonyl (C=O) groups excluding carboxylic acids is 2. The Kier molecular flexibility index (Phi) is 4.93. The Morgan fingerprint density at radius 1 is 0.750 bits per heavy atom. The van der Waals surface area contributed by atoms with Crippen molar-refractivity contribution in [2.45, 2.75) is 6.92 Å². The number of rotatable bonds is 4. The number of ketones is 2. The molecule has 1 aliphatic carbocycles. The summed E-state index contributed by atoms with van der Waals surface area (Å²) in [6.07, 6.45) is 0. The first-order chi connectivity index (χ1) is 17.5. The molecular weight excluding hydrogens is 448 g/mol. The second-order valence-corrected chi connectivity index (χ2v) is 9.06. The normalized spacial score (nSPS) is 11.9. The van der Waals surface area contributed by atoms with E-state index >= 15 is 0 Å². The lowest BCUT2D eigenvalue weighted by Gasteiger charge is -2.25. The Morgan fingerprint density at radius 2 is 1.42 bits per heavy atom. The SMILES string of the molecule is Cc1ccc(Nc2ccc3c4c2C(=O)c2ccccc2-c4c(C(=O)c2ccccc2)c(=O)n3C)cc1. The Balaban J connectivity index is 1.72. The zero-order valence-corrected chi connectivity index (χ0v) is 19.8. The third kappa shape index (κ3) is 3.21. The minimum Gasteiger partial charge on any atom is -0.355 e. The van der Waals surface area contributed by atoms with Crippen LogP contribution in [0.15, 0.2) is 95.8 Å². The van der Waals surface area contributed by atoms with Gasteiger partial charge in [0.05, 0.1) is 22.3 Å². The second kappa shape index (κ2) is 8.17. The molecule has 36 heavy (non-hydrogen) atoms. The van der Waals surface area contributed by atoms with E-state index in [1.807, 2.05) is 61.5 Å². The fourth-order valence-electron chi connectivity index (χ4n) is 5.01. The van der Waals surface area contributed by atoms with Gasteiger partial charge in [-0.05, 0) is 36.8 Å². The fourth-order valence-corrected chi connectivity index (χ4v) is 5.01. The number of hydrogen-bond donors (Lipinski definition) is 1. The van der Waals surface area contributed by atoms with Crippen LogP contribution in [0.1, 0.15) is 37.4 Å². The Hall–Kier alpha value is -4.77. The van der Waals surface area contributed by atoms with E-state index in [0.717, 1.165) is 11.3 Å². The van der Waals surface area contributed by atoms with Gasteiger partial charge in [0, 0.05) is 34.8 Å². The first-order valence-corrected chi connectivity index (χ1v) is 11.7. The van der Waals surface area contributed by atoms with Gasteiger partial charge in [-0.2, -0.15) is 0 Å². The van der Waals surface area contributed by atoms with Gasteiger partial charge in [0.2, 0.25) is 0 Å². The van der Waals surface area contributed by atoms with Crippen molar-refractivity contribution in [3.05, 3.63) is 129 Å². The maximum atomic E-state index is 13.9. The Labute approximate surface area is 207 Å². The maximum Gasteiger partial charge on any atom is 0.262 e. The lowest BCUT2D eigenvalue weighted by molar-refractivity contribution is 0.102. The van der Waals surface area contributed by atoms with Crippen LogP contribution in [0, 0.1) is 6.92 Å². The van der Waals surface area contributed by atoms with Gasteiger partial charge in [-0.15, -0.1) is 0 Å². The summed E-state index contributed by atoms with van der Waals surface area (Å²) in [6.45, 7) is 2.02. The van der Waals surface area contributed by atoms with Gasteiger partial charge < -0.3 is 9.88 Å². The molecule has 5 heteroatoms. The number of carbonyl (C=O) groups is 2. The largest absolute Gasteiger partial charge is 0.355 e. The molecule has 0 radical (unpaired) electrons. The van der Waals surface area contributed by atoms with Gasteiger partial charge >= 0.3 is 0 Å². The van der Waals surface area contributed by atoms with E-state index in [1.54, 1.807) is 43.4 Å². The van der Waals surface area contributed by atoms with Gasteiger partial charge in [0.15, 0.2) is 11.6 Å².